The number of ketones is 1. The van der Waals surface area contributed by atoms with Gasteiger partial charge < -0.3 is 5.11 Å². The van der Waals surface area contributed by atoms with Gasteiger partial charge in [0.05, 0.1) is 0 Å². The molecule has 0 aromatic rings. The summed E-state index contributed by atoms with van der Waals surface area (Å²) in [5.74, 6) is 0.403. The lowest BCUT2D eigenvalue weighted by molar-refractivity contribution is -0.144. The number of allylic oxidation sites excluding steroid dienone is 2. The number of carbonyl (C=O) groups excluding carboxylic acids is 1. The monoisotopic (exact) mass is 302 g/mol. The van der Waals surface area contributed by atoms with E-state index in [1.807, 2.05) is 19.1 Å². The molecule has 5 atom stereocenters. The minimum atomic E-state index is -0.961. The third-order valence-corrected chi connectivity index (χ3v) is 5.70. The number of carbonyl (C=O) groups is 1. The van der Waals surface area contributed by atoms with Crippen molar-refractivity contribution < 1.29 is 9.90 Å². The van der Waals surface area contributed by atoms with E-state index >= 15 is 0 Å². The Morgan fingerprint density at radius 2 is 2.26 bits per heavy atom. The first-order chi connectivity index (χ1) is 8.97. The van der Waals surface area contributed by atoms with E-state index in [4.69, 9.17) is 23.2 Å². The molecule has 0 radical (unpaired) electrons. The second-order valence-electron chi connectivity index (χ2n) is 5.86. The molecule has 2 rings (SSSR count). The van der Waals surface area contributed by atoms with Gasteiger partial charge in [-0.25, -0.2) is 0 Å². The van der Waals surface area contributed by atoms with Crippen LogP contribution in [0.25, 0.3) is 0 Å². The number of rotatable bonds is 3. The Morgan fingerprint density at radius 3 is 2.79 bits per heavy atom. The number of alkyl halides is 2. The van der Waals surface area contributed by atoms with Crippen LogP contribution in [-0.2, 0) is 4.79 Å². The summed E-state index contributed by atoms with van der Waals surface area (Å²) < 4.78 is 0. The number of aliphatic hydroxyl groups excluding tert-OH is 1. The van der Waals surface area contributed by atoms with Crippen molar-refractivity contribution in [3.8, 4) is 0 Å². The second kappa shape index (κ2) is 5.59. The molecule has 2 nitrogen and oxygen atoms in total. The van der Waals surface area contributed by atoms with E-state index in [0.717, 1.165) is 12.0 Å². The van der Waals surface area contributed by atoms with Crippen LogP contribution in [0.1, 0.15) is 19.8 Å². The van der Waals surface area contributed by atoms with Crippen LogP contribution in [0.3, 0.4) is 0 Å². The number of hydrogen-bond acceptors (Lipinski definition) is 2. The van der Waals surface area contributed by atoms with Gasteiger partial charge in [0.15, 0.2) is 5.78 Å². The average Bonchev–Trinajstić information content (AvgIpc) is 2.41. The number of aliphatic hydroxyl groups is 1. The number of Topliss-reactive ketones (excluding diaryl/α,β-unsaturated/α-hetero) is 1. The Kier molecular flexibility index (Phi) is 4.44. The third kappa shape index (κ3) is 2.28. The molecular formula is C15H20Cl2O2. The smallest absolute Gasteiger partial charge is 0.169 e. The predicted octanol–water partition coefficient (Wildman–Crippen LogP) is 3.17. The maximum Gasteiger partial charge on any atom is 0.169 e. The standard InChI is InChI=1S/C15H20Cl2O2/c1-9(2)11-6-15(8-17)10(7-16)4-3-5-12(15)14(19)13(11)18/h3,5,10-13,18H,1,4,6-8H2,2H3. The van der Waals surface area contributed by atoms with Gasteiger partial charge in [-0.05, 0) is 25.7 Å². The quantitative estimate of drug-likeness (QED) is 0.642. The largest absolute Gasteiger partial charge is 0.385 e. The van der Waals surface area contributed by atoms with Gasteiger partial charge in [0, 0.05) is 29.0 Å². The molecule has 0 heterocycles. The molecule has 4 heteroatoms. The van der Waals surface area contributed by atoms with Gasteiger partial charge in [-0.2, -0.15) is 0 Å². The molecule has 0 amide bonds. The van der Waals surface area contributed by atoms with Crippen LogP contribution in [0, 0.1) is 23.2 Å². The van der Waals surface area contributed by atoms with E-state index in [2.05, 4.69) is 6.58 Å². The molecule has 1 N–H and O–H groups in total. The highest BCUT2D eigenvalue weighted by molar-refractivity contribution is 6.19. The number of hydrogen-bond donors (Lipinski definition) is 1. The van der Waals surface area contributed by atoms with Gasteiger partial charge >= 0.3 is 0 Å². The highest BCUT2D eigenvalue weighted by Crippen LogP contribution is 2.53. The Hall–Kier alpha value is -0.310. The van der Waals surface area contributed by atoms with Gasteiger partial charge in [0.25, 0.3) is 0 Å². The third-order valence-electron chi connectivity index (χ3n) is 4.83. The molecule has 0 bridgehead atoms. The minimum absolute atomic E-state index is 0.133. The van der Waals surface area contributed by atoms with Crippen LogP contribution in [0.2, 0.25) is 0 Å². The van der Waals surface area contributed by atoms with Crippen molar-refractivity contribution in [3.05, 3.63) is 24.3 Å². The molecule has 5 unspecified atom stereocenters. The fraction of sp³-hybridized carbons (Fsp3) is 0.667. The highest BCUT2D eigenvalue weighted by Gasteiger charge is 2.55. The van der Waals surface area contributed by atoms with Gasteiger partial charge in [-0.1, -0.05) is 24.3 Å². The van der Waals surface area contributed by atoms with E-state index in [0.29, 0.717) is 18.2 Å². The molecule has 2 aliphatic rings. The lowest BCUT2D eigenvalue weighted by Gasteiger charge is -2.51. The average molecular weight is 303 g/mol. The fourth-order valence-electron chi connectivity index (χ4n) is 3.54. The summed E-state index contributed by atoms with van der Waals surface area (Å²) in [5.41, 5.74) is 0.504. The van der Waals surface area contributed by atoms with E-state index in [1.165, 1.54) is 0 Å². The summed E-state index contributed by atoms with van der Waals surface area (Å²) in [6.45, 7) is 5.77. The zero-order valence-corrected chi connectivity index (χ0v) is 12.6. The summed E-state index contributed by atoms with van der Waals surface area (Å²) in [5, 5.41) is 10.2. The van der Waals surface area contributed by atoms with E-state index in [9.17, 15) is 9.90 Å². The van der Waals surface area contributed by atoms with Crippen molar-refractivity contribution in [2.24, 2.45) is 23.2 Å². The Morgan fingerprint density at radius 1 is 1.58 bits per heavy atom. The molecule has 0 spiro atoms. The van der Waals surface area contributed by atoms with Gasteiger partial charge in [-0.3, -0.25) is 4.79 Å². The zero-order valence-electron chi connectivity index (χ0n) is 11.1. The van der Waals surface area contributed by atoms with Crippen LogP contribution in [-0.4, -0.2) is 28.8 Å². The highest BCUT2D eigenvalue weighted by atomic mass is 35.5. The molecule has 0 saturated heterocycles. The van der Waals surface area contributed by atoms with E-state index in [1.54, 1.807) is 0 Å². The van der Waals surface area contributed by atoms with Crippen molar-refractivity contribution in [1.82, 2.24) is 0 Å². The van der Waals surface area contributed by atoms with Crippen LogP contribution >= 0.6 is 23.2 Å². The summed E-state index contributed by atoms with van der Waals surface area (Å²) in [6.07, 6.45) is 4.47. The van der Waals surface area contributed by atoms with Crippen molar-refractivity contribution in [3.63, 3.8) is 0 Å². The summed E-state index contributed by atoms with van der Waals surface area (Å²) in [6, 6.07) is 0. The van der Waals surface area contributed by atoms with E-state index in [-0.39, 0.29) is 29.0 Å². The van der Waals surface area contributed by atoms with Crippen LogP contribution < -0.4 is 0 Å². The molecule has 2 aliphatic carbocycles. The summed E-state index contributed by atoms with van der Waals surface area (Å²) in [7, 11) is 0. The van der Waals surface area contributed by atoms with Crippen molar-refractivity contribution in [1.29, 1.82) is 0 Å². The maximum atomic E-state index is 12.5. The molecule has 106 valence electrons. The Balaban J connectivity index is 2.45. The topological polar surface area (TPSA) is 37.3 Å². The molecule has 0 aliphatic heterocycles. The van der Waals surface area contributed by atoms with Crippen molar-refractivity contribution in [2.75, 3.05) is 11.8 Å². The van der Waals surface area contributed by atoms with Crippen molar-refractivity contribution in [2.45, 2.75) is 25.9 Å². The predicted molar refractivity (Wildman–Crippen MR) is 78.5 cm³/mol. The molecule has 19 heavy (non-hydrogen) atoms. The number of halogens is 2. The first-order valence-electron chi connectivity index (χ1n) is 6.63. The zero-order chi connectivity index (χ0) is 14.2. The molecule has 1 saturated carbocycles. The van der Waals surface area contributed by atoms with Crippen molar-refractivity contribution >= 4 is 29.0 Å². The number of fused-ring (bicyclic) bond motifs is 1. The first kappa shape index (κ1) is 15.1. The summed E-state index contributed by atoms with van der Waals surface area (Å²) in [4.78, 5) is 12.5. The molecule has 0 aromatic carbocycles. The normalized spacial score (nSPS) is 42.0. The van der Waals surface area contributed by atoms with Crippen LogP contribution in [0.4, 0.5) is 0 Å². The van der Waals surface area contributed by atoms with Gasteiger partial charge in [0.1, 0.15) is 6.10 Å². The molecular weight excluding hydrogens is 283 g/mol. The fourth-order valence-corrected chi connectivity index (χ4v) is 4.47. The molecule has 0 aromatic heterocycles. The van der Waals surface area contributed by atoms with Gasteiger partial charge in [0.2, 0.25) is 0 Å². The van der Waals surface area contributed by atoms with E-state index < -0.39 is 6.10 Å². The minimum Gasteiger partial charge on any atom is -0.385 e. The Bertz CT molecular complexity index is 418. The first-order valence-corrected chi connectivity index (χ1v) is 7.70. The summed E-state index contributed by atoms with van der Waals surface area (Å²) >= 11 is 12.3. The maximum absolute atomic E-state index is 12.5. The van der Waals surface area contributed by atoms with Gasteiger partial charge in [-0.15, -0.1) is 23.2 Å². The van der Waals surface area contributed by atoms with Crippen LogP contribution in [0.15, 0.2) is 24.3 Å². The SMILES string of the molecule is C=C(C)C1CC2(CCl)C(CCl)CC=CC2C(=O)C1O. The lowest BCUT2D eigenvalue weighted by Crippen LogP contribution is -2.55. The molecule has 1 fully saturated rings. The second-order valence-corrected chi connectivity index (χ2v) is 6.44. The Labute approximate surface area is 124 Å². The lowest BCUT2D eigenvalue weighted by atomic mass is 9.54. The van der Waals surface area contributed by atoms with Crippen LogP contribution in [0.5, 0.6) is 0 Å².